The fourth-order valence-corrected chi connectivity index (χ4v) is 6.87. The van der Waals surface area contributed by atoms with Gasteiger partial charge in [0.15, 0.2) is 4.80 Å². The molecule has 1 aliphatic rings. The van der Waals surface area contributed by atoms with E-state index in [4.69, 9.17) is 9.73 Å². The summed E-state index contributed by atoms with van der Waals surface area (Å²) in [5.41, 5.74) is 6.94. The van der Waals surface area contributed by atoms with E-state index < -0.39 is 6.04 Å². The number of anilines is 1. The minimum absolute atomic E-state index is 0.125. The van der Waals surface area contributed by atoms with E-state index in [0.29, 0.717) is 39.4 Å². The second-order valence-electron chi connectivity index (χ2n) is 10.9. The molecule has 0 saturated carbocycles. The molecular formula is C34H39N5O3S. The highest BCUT2D eigenvalue weighted by Gasteiger charge is 2.35. The van der Waals surface area contributed by atoms with Crippen LogP contribution in [0.1, 0.15) is 49.3 Å². The van der Waals surface area contributed by atoms with Crippen LogP contribution in [0.2, 0.25) is 0 Å². The van der Waals surface area contributed by atoms with Gasteiger partial charge in [-0.05, 0) is 82.7 Å². The maximum atomic E-state index is 14.2. The van der Waals surface area contributed by atoms with Crippen LogP contribution in [-0.4, -0.2) is 54.2 Å². The van der Waals surface area contributed by atoms with E-state index in [2.05, 4.69) is 53.6 Å². The lowest BCUT2D eigenvalue weighted by Crippen LogP contribution is -2.43. The first-order chi connectivity index (χ1) is 20.6. The van der Waals surface area contributed by atoms with Crippen LogP contribution in [0.3, 0.4) is 0 Å². The number of thiazole rings is 1. The Morgan fingerprint density at radius 3 is 2.35 bits per heavy atom. The van der Waals surface area contributed by atoms with Crippen molar-refractivity contribution in [3.63, 3.8) is 0 Å². The van der Waals surface area contributed by atoms with E-state index in [0.717, 1.165) is 33.9 Å². The summed E-state index contributed by atoms with van der Waals surface area (Å²) in [7, 11) is 5.66. The quantitative estimate of drug-likeness (QED) is 0.298. The lowest BCUT2D eigenvalue weighted by molar-refractivity contribution is -0.127. The Kier molecular flexibility index (Phi) is 8.46. The standard InChI is InChI=1S/C34H39N5O3S/c1-9-37(10-2)33(41)30-22(4)35-34-39(31(30)27-13-11-12-14-28(27)42-8)32(40)29(43-34)20-24-19-21(3)38(23(24)5)26-17-15-25(16-18-26)36(6)7/h11-20,31H,9-10H2,1-8H3/b29-20-/t31-/m0/s1. The lowest BCUT2D eigenvalue weighted by Gasteiger charge is -2.29. The molecule has 0 unspecified atom stereocenters. The normalized spacial score (nSPS) is 14.9. The van der Waals surface area contributed by atoms with Gasteiger partial charge in [-0.1, -0.05) is 29.5 Å². The van der Waals surface area contributed by atoms with Crippen molar-refractivity contribution >= 4 is 29.0 Å². The third-order valence-electron chi connectivity index (χ3n) is 8.12. The van der Waals surface area contributed by atoms with Gasteiger partial charge in [-0.25, -0.2) is 4.99 Å². The monoisotopic (exact) mass is 597 g/mol. The number of carbonyl (C=O) groups is 1. The largest absolute Gasteiger partial charge is 0.496 e. The number of fused-ring (bicyclic) bond motifs is 1. The first-order valence-electron chi connectivity index (χ1n) is 14.5. The van der Waals surface area contributed by atoms with E-state index in [9.17, 15) is 9.59 Å². The van der Waals surface area contributed by atoms with Gasteiger partial charge in [0.25, 0.3) is 11.5 Å². The van der Waals surface area contributed by atoms with Gasteiger partial charge in [0, 0.05) is 55.5 Å². The van der Waals surface area contributed by atoms with Gasteiger partial charge in [0.1, 0.15) is 11.8 Å². The highest BCUT2D eigenvalue weighted by Crippen LogP contribution is 2.36. The average molecular weight is 598 g/mol. The molecule has 1 aliphatic heterocycles. The fraction of sp³-hybridized carbons (Fsp3) is 0.324. The number of nitrogens with zero attached hydrogens (tertiary/aromatic N) is 5. The van der Waals surface area contributed by atoms with Crippen LogP contribution in [-0.2, 0) is 4.79 Å². The van der Waals surface area contributed by atoms with Crippen molar-refractivity contribution in [1.29, 1.82) is 0 Å². The van der Waals surface area contributed by atoms with Crippen LogP contribution < -0.4 is 24.5 Å². The number of hydrogen-bond donors (Lipinski definition) is 0. The molecule has 0 aliphatic carbocycles. The number of likely N-dealkylation sites (N-methyl/N-ethyl adjacent to an activating group) is 1. The molecule has 0 bridgehead atoms. The molecule has 0 fully saturated rings. The van der Waals surface area contributed by atoms with Crippen molar-refractivity contribution in [2.75, 3.05) is 39.2 Å². The molecule has 1 amide bonds. The van der Waals surface area contributed by atoms with Gasteiger partial charge >= 0.3 is 0 Å². The first kappa shape index (κ1) is 30.1. The highest BCUT2D eigenvalue weighted by atomic mass is 32.1. The van der Waals surface area contributed by atoms with Gasteiger partial charge in [0.05, 0.1) is 22.9 Å². The Labute approximate surface area is 256 Å². The summed E-state index contributed by atoms with van der Waals surface area (Å²) in [6.07, 6.45) is 1.95. The highest BCUT2D eigenvalue weighted by molar-refractivity contribution is 7.07. The number of aryl methyl sites for hydroxylation is 1. The molecule has 0 spiro atoms. The lowest BCUT2D eigenvalue weighted by atomic mass is 9.94. The molecule has 3 heterocycles. The number of amides is 1. The zero-order valence-corrected chi connectivity index (χ0v) is 27.0. The van der Waals surface area contributed by atoms with Gasteiger partial charge in [-0.3, -0.25) is 14.2 Å². The second-order valence-corrected chi connectivity index (χ2v) is 11.9. The number of para-hydroxylation sites is 1. The first-order valence-corrected chi connectivity index (χ1v) is 15.3. The minimum atomic E-state index is -0.662. The van der Waals surface area contributed by atoms with Crippen LogP contribution >= 0.6 is 11.3 Å². The molecule has 5 rings (SSSR count). The van der Waals surface area contributed by atoms with E-state index >= 15 is 0 Å². The number of ether oxygens (including phenoxy) is 1. The van der Waals surface area contributed by atoms with E-state index in [1.165, 1.54) is 11.3 Å². The van der Waals surface area contributed by atoms with Crippen molar-refractivity contribution in [1.82, 2.24) is 14.0 Å². The van der Waals surface area contributed by atoms with Crippen LogP contribution in [0.4, 0.5) is 5.69 Å². The number of benzene rings is 2. The third-order valence-corrected chi connectivity index (χ3v) is 9.10. The van der Waals surface area contributed by atoms with E-state index in [1.807, 2.05) is 65.2 Å². The molecular weight excluding hydrogens is 558 g/mol. The Bertz CT molecular complexity index is 1890. The summed E-state index contributed by atoms with van der Waals surface area (Å²) in [6.45, 7) is 11.0. The Hall–Kier alpha value is -4.37. The van der Waals surface area contributed by atoms with Crippen LogP contribution in [0.25, 0.3) is 11.8 Å². The second kappa shape index (κ2) is 12.1. The number of aromatic nitrogens is 2. The predicted molar refractivity (Wildman–Crippen MR) is 174 cm³/mol. The molecule has 0 radical (unpaired) electrons. The fourth-order valence-electron chi connectivity index (χ4n) is 5.83. The maximum absolute atomic E-state index is 14.2. The summed E-state index contributed by atoms with van der Waals surface area (Å²) in [6, 6.07) is 17.4. The number of carbonyl (C=O) groups excluding carboxylic acids is 1. The molecule has 4 aromatic rings. The topological polar surface area (TPSA) is 72.1 Å². The Balaban J connectivity index is 1.69. The molecule has 0 saturated heterocycles. The summed E-state index contributed by atoms with van der Waals surface area (Å²) >= 11 is 1.34. The molecule has 1 atom stereocenters. The van der Waals surface area contributed by atoms with Crippen molar-refractivity contribution in [3.05, 3.63) is 108 Å². The molecule has 9 heteroatoms. The summed E-state index contributed by atoms with van der Waals surface area (Å²) in [5, 5.41) is 0. The Morgan fingerprint density at radius 2 is 1.72 bits per heavy atom. The van der Waals surface area contributed by atoms with Crippen molar-refractivity contribution in [2.24, 2.45) is 4.99 Å². The zero-order chi connectivity index (χ0) is 31.0. The SMILES string of the molecule is CCN(CC)C(=O)C1=C(C)N=c2s/c(=C\c3cc(C)n(-c4ccc(N(C)C)cc4)c3C)c(=O)n2[C@H]1c1ccccc1OC. The van der Waals surface area contributed by atoms with Crippen LogP contribution in [0.15, 0.2) is 75.7 Å². The van der Waals surface area contributed by atoms with Crippen molar-refractivity contribution < 1.29 is 9.53 Å². The number of allylic oxidation sites excluding steroid dienone is 1. The number of rotatable bonds is 8. The maximum Gasteiger partial charge on any atom is 0.271 e. The van der Waals surface area contributed by atoms with E-state index in [-0.39, 0.29) is 11.5 Å². The average Bonchev–Trinajstić information content (AvgIpc) is 3.46. The summed E-state index contributed by atoms with van der Waals surface area (Å²) in [4.78, 5) is 37.4. The van der Waals surface area contributed by atoms with E-state index in [1.54, 1.807) is 16.6 Å². The zero-order valence-electron chi connectivity index (χ0n) is 26.1. The summed E-state index contributed by atoms with van der Waals surface area (Å²) in [5.74, 6) is 0.491. The van der Waals surface area contributed by atoms with Gasteiger partial charge in [-0.15, -0.1) is 0 Å². The van der Waals surface area contributed by atoms with Gasteiger partial charge in [-0.2, -0.15) is 0 Å². The Morgan fingerprint density at radius 1 is 1.05 bits per heavy atom. The number of hydrogen-bond acceptors (Lipinski definition) is 6. The van der Waals surface area contributed by atoms with Crippen molar-refractivity contribution in [3.8, 4) is 11.4 Å². The number of methoxy groups -OCH3 is 1. The molecule has 224 valence electrons. The van der Waals surface area contributed by atoms with Gasteiger partial charge < -0.3 is 19.1 Å². The molecule has 43 heavy (non-hydrogen) atoms. The molecule has 2 aromatic heterocycles. The smallest absolute Gasteiger partial charge is 0.271 e. The van der Waals surface area contributed by atoms with Crippen LogP contribution in [0.5, 0.6) is 5.75 Å². The van der Waals surface area contributed by atoms with Crippen LogP contribution in [0, 0.1) is 13.8 Å². The predicted octanol–water partition coefficient (Wildman–Crippen LogP) is 4.59. The minimum Gasteiger partial charge on any atom is -0.496 e. The molecule has 8 nitrogen and oxygen atoms in total. The van der Waals surface area contributed by atoms with Crippen molar-refractivity contribution in [2.45, 2.75) is 40.7 Å². The van der Waals surface area contributed by atoms with Gasteiger partial charge in [0.2, 0.25) is 0 Å². The summed E-state index contributed by atoms with van der Waals surface area (Å²) < 4.78 is 10.1. The molecule has 2 aromatic carbocycles. The molecule has 0 N–H and O–H groups in total. The third kappa shape index (κ3) is 5.33.